The van der Waals surface area contributed by atoms with Crippen LogP contribution in [0.1, 0.15) is 29.2 Å². The molecule has 25 heavy (non-hydrogen) atoms. The zero-order valence-electron chi connectivity index (χ0n) is 14.3. The van der Waals surface area contributed by atoms with Gasteiger partial charge in [-0.3, -0.25) is 9.59 Å². The van der Waals surface area contributed by atoms with Crippen LogP contribution < -0.4 is 4.90 Å². The number of aryl methyl sites for hydroxylation is 1. The van der Waals surface area contributed by atoms with Crippen LogP contribution in [0.4, 0.5) is 5.69 Å². The number of Topliss-reactive ketones (excluding diaryl/α,β-unsaturated/α-hetero) is 1. The molecule has 4 rings (SSSR count). The van der Waals surface area contributed by atoms with Crippen molar-refractivity contribution in [2.45, 2.75) is 25.0 Å². The smallest absolute Gasteiger partial charge is 0.264 e. The highest BCUT2D eigenvalue weighted by molar-refractivity contribution is 6.12. The number of ketones is 1. The van der Waals surface area contributed by atoms with E-state index in [1.807, 2.05) is 55.5 Å². The van der Waals surface area contributed by atoms with Gasteiger partial charge in [0.15, 0.2) is 11.4 Å². The Morgan fingerprint density at radius 2 is 1.84 bits per heavy atom. The van der Waals surface area contributed by atoms with Gasteiger partial charge in [0.1, 0.15) is 6.10 Å². The van der Waals surface area contributed by atoms with Crippen molar-refractivity contribution >= 4 is 17.4 Å². The van der Waals surface area contributed by atoms with Crippen LogP contribution >= 0.6 is 0 Å². The Labute approximate surface area is 146 Å². The molecular weight excluding hydrogens is 314 g/mol. The van der Waals surface area contributed by atoms with E-state index < -0.39 is 11.7 Å². The summed E-state index contributed by atoms with van der Waals surface area (Å²) >= 11 is 0. The highest BCUT2D eigenvalue weighted by Crippen LogP contribution is 2.52. The maximum atomic E-state index is 13.1. The molecule has 0 saturated carbocycles. The van der Waals surface area contributed by atoms with Gasteiger partial charge in [-0.2, -0.15) is 0 Å². The molecule has 1 saturated heterocycles. The molecule has 0 aromatic heterocycles. The zero-order valence-corrected chi connectivity index (χ0v) is 14.3. The van der Waals surface area contributed by atoms with E-state index in [4.69, 9.17) is 4.74 Å². The maximum Gasteiger partial charge on any atom is 0.264 e. The fourth-order valence-electron chi connectivity index (χ4n) is 3.90. The van der Waals surface area contributed by atoms with E-state index in [1.54, 1.807) is 11.9 Å². The van der Waals surface area contributed by atoms with Crippen molar-refractivity contribution in [3.05, 3.63) is 77.4 Å². The molecule has 2 aliphatic heterocycles. The second-order valence-corrected chi connectivity index (χ2v) is 6.70. The van der Waals surface area contributed by atoms with Gasteiger partial charge in [-0.05, 0) is 18.1 Å². The summed E-state index contributed by atoms with van der Waals surface area (Å²) in [6, 6.07) is 15.2. The first-order chi connectivity index (χ1) is 12.0. The molecule has 4 heteroatoms. The minimum Gasteiger partial charge on any atom is -0.347 e. The summed E-state index contributed by atoms with van der Waals surface area (Å²) in [7, 11) is 1.73. The van der Waals surface area contributed by atoms with Crippen LogP contribution in [0.3, 0.4) is 0 Å². The lowest BCUT2D eigenvalue weighted by atomic mass is 9.82. The molecule has 2 aliphatic rings. The summed E-state index contributed by atoms with van der Waals surface area (Å²) in [6.45, 7) is 5.88. The number of rotatable bonds is 1. The predicted molar refractivity (Wildman–Crippen MR) is 95.3 cm³/mol. The molecule has 0 bridgehead atoms. The molecule has 0 N–H and O–H groups in total. The van der Waals surface area contributed by atoms with Crippen LogP contribution in [0.2, 0.25) is 0 Å². The maximum absolute atomic E-state index is 13.1. The van der Waals surface area contributed by atoms with Gasteiger partial charge in [-0.1, -0.05) is 55.1 Å². The first kappa shape index (κ1) is 15.8. The van der Waals surface area contributed by atoms with Crippen LogP contribution in [0.15, 0.2) is 60.7 Å². The number of fused-ring (bicyclic) bond motifs is 2. The number of carbonyl (C=O) groups is 2. The van der Waals surface area contributed by atoms with Gasteiger partial charge in [-0.25, -0.2) is 0 Å². The number of amides is 1. The van der Waals surface area contributed by atoms with Gasteiger partial charge in [0, 0.05) is 18.2 Å². The van der Waals surface area contributed by atoms with Gasteiger partial charge in [0.2, 0.25) is 0 Å². The number of carbonyl (C=O) groups excluding carboxylic acids is 2. The molecule has 0 unspecified atom stereocenters. The molecule has 126 valence electrons. The Balaban J connectivity index is 1.88. The van der Waals surface area contributed by atoms with Crippen LogP contribution in [-0.4, -0.2) is 18.7 Å². The summed E-state index contributed by atoms with van der Waals surface area (Å²) in [5, 5.41) is 0. The molecule has 0 radical (unpaired) electrons. The number of likely N-dealkylation sites (N-methyl/N-ethyl adjacent to an activating group) is 1. The minimum absolute atomic E-state index is 0.00517. The molecule has 4 nitrogen and oxygen atoms in total. The van der Waals surface area contributed by atoms with E-state index in [0.29, 0.717) is 5.57 Å². The van der Waals surface area contributed by atoms with E-state index in [0.717, 1.165) is 22.4 Å². The van der Waals surface area contributed by atoms with Crippen molar-refractivity contribution in [3.63, 3.8) is 0 Å². The average molecular weight is 333 g/mol. The molecule has 1 fully saturated rings. The van der Waals surface area contributed by atoms with Gasteiger partial charge in [0.25, 0.3) is 5.91 Å². The topological polar surface area (TPSA) is 46.6 Å². The van der Waals surface area contributed by atoms with Gasteiger partial charge >= 0.3 is 0 Å². The Bertz CT molecular complexity index is 903. The molecular formula is C21H19NO3. The normalized spacial score (nSPS) is 25.6. The molecule has 2 atom stereocenters. The van der Waals surface area contributed by atoms with Crippen molar-refractivity contribution in [1.29, 1.82) is 0 Å². The van der Waals surface area contributed by atoms with E-state index in [1.165, 1.54) is 0 Å². The molecule has 0 aliphatic carbocycles. The summed E-state index contributed by atoms with van der Waals surface area (Å²) in [6.07, 6.45) is -0.624. The number of hydrogen-bond donors (Lipinski definition) is 0. The van der Waals surface area contributed by atoms with Crippen molar-refractivity contribution in [2.24, 2.45) is 0 Å². The van der Waals surface area contributed by atoms with Gasteiger partial charge in [-0.15, -0.1) is 0 Å². The van der Waals surface area contributed by atoms with E-state index in [9.17, 15) is 9.59 Å². The van der Waals surface area contributed by atoms with E-state index in [2.05, 4.69) is 6.58 Å². The lowest BCUT2D eigenvalue weighted by molar-refractivity contribution is -0.162. The SMILES string of the molecule is C=C1C(=O)C[C@]2(O[C@@H]1c1ccccc1)C(=O)N(C)c1c(C)cccc12. The third kappa shape index (κ3) is 2.11. The third-order valence-electron chi connectivity index (χ3n) is 5.16. The van der Waals surface area contributed by atoms with Gasteiger partial charge < -0.3 is 9.64 Å². The second-order valence-electron chi connectivity index (χ2n) is 6.70. The Hall–Kier alpha value is -2.72. The molecule has 2 aromatic rings. The van der Waals surface area contributed by atoms with Crippen LogP contribution in [-0.2, 0) is 19.9 Å². The van der Waals surface area contributed by atoms with Gasteiger partial charge in [0.05, 0.1) is 12.1 Å². The first-order valence-corrected chi connectivity index (χ1v) is 8.29. The van der Waals surface area contributed by atoms with Crippen molar-refractivity contribution in [1.82, 2.24) is 0 Å². The largest absolute Gasteiger partial charge is 0.347 e. The van der Waals surface area contributed by atoms with Crippen molar-refractivity contribution in [2.75, 3.05) is 11.9 Å². The highest BCUT2D eigenvalue weighted by atomic mass is 16.5. The standard InChI is InChI=1S/C21H19NO3/c1-13-8-7-11-16-18(13)22(3)20(24)21(16)12-17(23)14(2)19(25-21)15-9-5-4-6-10-15/h4-11,19H,2,12H2,1,3H3/t19-,21+/m0/s1. The minimum atomic E-state index is -1.27. The number of nitrogens with zero attached hydrogens (tertiary/aromatic N) is 1. The number of ether oxygens (including phenoxy) is 1. The fourth-order valence-corrected chi connectivity index (χ4v) is 3.90. The number of hydrogen-bond acceptors (Lipinski definition) is 3. The van der Waals surface area contributed by atoms with E-state index >= 15 is 0 Å². The third-order valence-corrected chi connectivity index (χ3v) is 5.16. The van der Waals surface area contributed by atoms with E-state index in [-0.39, 0.29) is 18.1 Å². The predicted octanol–water partition coefficient (Wildman–Crippen LogP) is 3.45. The quantitative estimate of drug-likeness (QED) is 0.751. The Morgan fingerprint density at radius 1 is 1.12 bits per heavy atom. The second kappa shape index (κ2) is 5.39. The molecule has 1 spiro atoms. The van der Waals surface area contributed by atoms with Crippen LogP contribution in [0.5, 0.6) is 0 Å². The lowest BCUT2D eigenvalue weighted by Crippen LogP contribution is -2.47. The Morgan fingerprint density at radius 3 is 2.56 bits per heavy atom. The summed E-state index contributed by atoms with van der Waals surface area (Å²) < 4.78 is 6.36. The summed E-state index contributed by atoms with van der Waals surface area (Å²) in [5.74, 6) is -0.324. The van der Waals surface area contributed by atoms with Crippen molar-refractivity contribution in [3.8, 4) is 0 Å². The first-order valence-electron chi connectivity index (χ1n) is 8.29. The number of para-hydroxylation sites is 1. The lowest BCUT2D eigenvalue weighted by Gasteiger charge is -2.38. The number of benzene rings is 2. The zero-order chi connectivity index (χ0) is 17.8. The molecule has 1 amide bonds. The fraction of sp³-hybridized carbons (Fsp3) is 0.238. The summed E-state index contributed by atoms with van der Waals surface area (Å²) in [5.41, 5.74) is 2.54. The average Bonchev–Trinajstić information content (AvgIpc) is 2.82. The highest BCUT2D eigenvalue weighted by Gasteiger charge is 2.57. The molecule has 2 heterocycles. The molecule has 2 aromatic carbocycles. The monoisotopic (exact) mass is 333 g/mol. The Kier molecular flexibility index (Phi) is 3.41. The van der Waals surface area contributed by atoms with Crippen molar-refractivity contribution < 1.29 is 14.3 Å². The number of anilines is 1. The van der Waals surface area contributed by atoms with Crippen LogP contribution in [0.25, 0.3) is 0 Å². The van der Waals surface area contributed by atoms with Crippen LogP contribution in [0, 0.1) is 6.92 Å². The summed E-state index contributed by atoms with van der Waals surface area (Å²) in [4.78, 5) is 27.5.